The first kappa shape index (κ1) is 11.5. The van der Waals surface area contributed by atoms with Crippen LogP contribution in [-0.4, -0.2) is 14.8 Å². The third-order valence-corrected chi connectivity index (χ3v) is 2.92. The molecule has 0 amide bonds. The van der Waals surface area contributed by atoms with Gasteiger partial charge in [-0.25, -0.2) is 4.98 Å². The Hall–Kier alpha value is -2.62. The zero-order chi connectivity index (χ0) is 13.2. The Labute approximate surface area is 111 Å². The van der Waals surface area contributed by atoms with Crippen LogP contribution in [0.2, 0.25) is 0 Å². The molecular weight excluding hydrogens is 236 g/mol. The van der Waals surface area contributed by atoms with Crippen molar-refractivity contribution in [2.75, 3.05) is 5.73 Å². The number of pyridine rings is 1. The lowest BCUT2D eigenvalue weighted by Crippen LogP contribution is -2.03. The predicted octanol–water partition coefficient (Wildman–Crippen LogP) is 2.82. The maximum Gasteiger partial charge on any atom is 0.155 e. The number of rotatable bonds is 2. The molecule has 2 aromatic heterocycles. The van der Waals surface area contributed by atoms with Gasteiger partial charge in [-0.3, -0.25) is 0 Å². The van der Waals surface area contributed by atoms with Crippen molar-refractivity contribution in [2.24, 2.45) is 0 Å². The van der Waals surface area contributed by atoms with Crippen LogP contribution < -0.4 is 5.73 Å². The normalized spacial score (nSPS) is 10.6. The molecule has 0 unspecified atom stereocenters. The van der Waals surface area contributed by atoms with Crippen LogP contribution >= 0.6 is 0 Å². The number of anilines is 1. The van der Waals surface area contributed by atoms with Gasteiger partial charge in [0.25, 0.3) is 0 Å². The summed E-state index contributed by atoms with van der Waals surface area (Å²) in [5, 5.41) is 4.52. The topological polar surface area (TPSA) is 56.7 Å². The van der Waals surface area contributed by atoms with Gasteiger partial charge in [-0.05, 0) is 24.6 Å². The first-order valence-corrected chi connectivity index (χ1v) is 6.08. The molecule has 4 heteroatoms. The summed E-state index contributed by atoms with van der Waals surface area (Å²) in [7, 11) is 0. The number of nitrogens with two attached hydrogens (primary N) is 1. The van der Waals surface area contributed by atoms with Crippen molar-refractivity contribution in [3.8, 4) is 17.1 Å². The number of nitrogens with zero attached hydrogens (tertiary/aromatic N) is 3. The number of hydrogen-bond donors (Lipinski definition) is 1. The molecule has 0 fully saturated rings. The Kier molecular flexibility index (Phi) is 2.76. The summed E-state index contributed by atoms with van der Waals surface area (Å²) in [5.74, 6) is 1.32. The van der Waals surface area contributed by atoms with Gasteiger partial charge < -0.3 is 5.73 Å². The highest BCUT2D eigenvalue weighted by molar-refractivity contribution is 5.63. The Balaban J connectivity index is 2.08. The third-order valence-electron chi connectivity index (χ3n) is 2.92. The highest BCUT2D eigenvalue weighted by Gasteiger charge is 2.09. The number of aromatic nitrogens is 3. The molecule has 19 heavy (non-hydrogen) atoms. The molecular formula is C15H14N4. The van der Waals surface area contributed by atoms with E-state index in [0.29, 0.717) is 5.82 Å². The van der Waals surface area contributed by atoms with E-state index < -0.39 is 0 Å². The van der Waals surface area contributed by atoms with Crippen LogP contribution in [0, 0.1) is 6.92 Å². The summed E-state index contributed by atoms with van der Waals surface area (Å²) in [6, 6.07) is 15.7. The van der Waals surface area contributed by atoms with Gasteiger partial charge in [0.05, 0.1) is 5.69 Å². The summed E-state index contributed by atoms with van der Waals surface area (Å²) in [4.78, 5) is 4.30. The van der Waals surface area contributed by atoms with Gasteiger partial charge in [-0.2, -0.15) is 9.78 Å². The van der Waals surface area contributed by atoms with Crippen molar-refractivity contribution in [1.82, 2.24) is 14.8 Å². The number of benzene rings is 1. The molecule has 0 aliphatic heterocycles. The first-order valence-electron chi connectivity index (χ1n) is 6.08. The molecule has 3 aromatic rings. The molecule has 0 aliphatic carbocycles. The van der Waals surface area contributed by atoms with Crippen molar-refractivity contribution in [1.29, 1.82) is 0 Å². The standard InChI is InChI=1S/C15H14N4/c1-11-7-8-17-15(9-11)19-14(16)10-13(18-19)12-5-3-2-4-6-12/h2-10H,16H2,1H3. The molecule has 0 saturated heterocycles. The smallest absolute Gasteiger partial charge is 0.155 e. The highest BCUT2D eigenvalue weighted by Crippen LogP contribution is 2.22. The molecule has 0 spiro atoms. The molecule has 1 aromatic carbocycles. The summed E-state index contributed by atoms with van der Waals surface area (Å²) in [6.45, 7) is 2.02. The second-order valence-corrected chi connectivity index (χ2v) is 4.42. The Morgan fingerprint density at radius 3 is 2.58 bits per heavy atom. The first-order chi connectivity index (χ1) is 9.24. The average molecular weight is 250 g/mol. The van der Waals surface area contributed by atoms with Gasteiger partial charge >= 0.3 is 0 Å². The Bertz CT molecular complexity index is 701. The number of hydrogen-bond acceptors (Lipinski definition) is 3. The zero-order valence-electron chi connectivity index (χ0n) is 10.6. The lowest BCUT2D eigenvalue weighted by atomic mass is 10.2. The minimum Gasteiger partial charge on any atom is -0.384 e. The van der Waals surface area contributed by atoms with Crippen molar-refractivity contribution in [3.05, 3.63) is 60.3 Å². The fourth-order valence-corrected chi connectivity index (χ4v) is 1.97. The second-order valence-electron chi connectivity index (χ2n) is 4.42. The SMILES string of the molecule is Cc1ccnc(-n2nc(-c3ccccc3)cc2N)c1. The molecule has 0 radical (unpaired) electrons. The Morgan fingerprint density at radius 1 is 1.05 bits per heavy atom. The van der Waals surface area contributed by atoms with E-state index >= 15 is 0 Å². The van der Waals surface area contributed by atoms with Gasteiger partial charge in [0.1, 0.15) is 5.82 Å². The van der Waals surface area contributed by atoms with Crippen molar-refractivity contribution >= 4 is 5.82 Å². The maximum atomic E-state index is 6.02. The van der Waals surface area contributed by atoms with Crippen LogP contribution in [-0.2, 0) is 0 Å². The largest absolute Gasteiger partial charge is 0.384 e. The number of aryl methyl sites for hydroxylation is 1. The van der Waals surface area contributed by atoms with E-state index in [1.54, 1.807) is 10.9 Å². The Morgan fingerprint density at radius 2 is 1.84 bits per heavy atom. The molecule has 0 aliphatic rings. The average Bonchev–Trinajstić information content (AvgIpc) is 2.82. The van der Waals surface area contributed by atoms with Crippen molar-refractivity contribution in [2.45, 2.75) is 6.92 Å². The summed E-state index contributed by atoms with van der Waals surface area (Å²) in [6.07, 6.45) is 1.76. The van der Waals surface area contributed by atoms with E-state index in [9.17, 15) is 0 Å². The van der Waals surface area contributed by atoms with Gasteiger partial charge in [-0.15, -0.1) is 0 Å². The van der Waals surface area contributed by atoms with Crippen LogP contribution in [0.15, 0.2) is 54.7 Å². The van der Waals surface area contributed by atoms with Gasteiger partial charge in [0.15, 0.2) is 5.82 Å². The maximum absolute atomic E-state index is 6.02. The lowest BCUT2D eigenvalue weighted by Gasteiger charge is -2.03. The fourth-order valence-electron chi connectivity index (χ4n) is 1.97. The van der Waals surface area contributed by atoms with E-state index in [0.717, 1.165) is 22.6 Å². The van der Waals surface area contributed by atoms with Gasteiger partial charge in [0, 0.05) is 17.8 Å². The summed E-state index contributed by atoms with van der Waals surface area (Å²) < 4.78 is 1.66. The van der Waals surface area contributed by atoms with Crippen LogP contribution in [0.3, 0.4) is 0 Å². The van der Waals surface area contributed by atoms with Crippen LogP contribution in [0.5, 0.6) is 0 Å². The molecule has 0 saturated carbocycles. The van der Waals surface area contributed by atoms with E-state index in [1.165, 1.54) is 0 Å². The molecule has 4 nitrogen and oxygen atoms in total. The fraction of sp³-hybridized carbons (Fsp3) is 0.0667. The summed E-state index contributed by atoms with van der Waals surface area (Å²) in [5.41, 5.74) is 9.04. The van der Waals surface area contributed by atoms with Crippen LogP contribution in [0.1, 0.15) is 5.56 Å². The van der Waals surface area contributed by atoms with Gasteiger partial charge in [0.2, 0.25) is 0 Å². The highest BCUT2D eigenvalue weighted by atomic mass is 15.3. The monoisotopic (exact) mass is 250 g/mol. The van der Waals surface area contributed by atoms with E-state index in [1.807, 2.05) is 55.5 Å². The van der Waals surface area contributed by atoms with Crippen LogP contribution in [0.4, 0.5) is 5.82 Å². The third kappa shape index (κ3) is 2.20. The number of nitrogen functional groups attached to an aromatic ring is 1. The molecule has 3 rings (SSSR count). The summed E-state index contributed by atoms with van der Waals surface area (Å²) >= 11 is 0. The molecule has 2 heterocycles. The van der Waals surface area contributed by atoms with E-state index in [2.05, 4.69) is 10.1 Å². The zero-order valence-corrected chi connectivity index (χ0v) is 10.6. The molecule has 94 valence electrons. The minimum absolute atomic E-state index is 0.581. The molecule has 0 atom stereocenters. The van der Waals surface area contributed by atoms with E-state index in [-0.39, 0.29) is 0 Å². The van der Waals surface area contributed by atoms with E-state index in [4.69, 9.17) is 5.73 Å². The molecule has 0 bridgehead atoms. The molecule has 2 N–H and O–H groups in total. The second kappa shape index (κ2) is 4.57. The van der Waals surface area contributed by atoms with Crippen molar-refractivity contribution < 1.29 is 0 Å². The minimum atomic E-state index is 0.581. The quantitative estimate of drug-likeness (QED) is 0.760. The predicted molar refractivity (Wildman–Crippen MR) is 75.9 cm³/mol. The van der Waals surface area contributed by atoms with Crippen LogP contribution in [0.25, 0.3) is 17.1 Å². The lowest BCUT2D eigenvalue weighted by molar-refractivity contribution is 0.858. The van der Waals surface area contributed by atoms with Crippen molar-refractivity contribution in [3.63, 3.8) is 0 Å². The van der Waals surface area contributed by atoms with Gasteiger partial charge in [-0.1, -0.05) is 30.3 Å².